The highest BCUT2D eigenvalue weighted by Crippen LogP contribution is 2.50. The molecule has 1 aromatic carbocycles. The zero-order chi connectivity index (χ0) is 28.2. The van der Waals surface area contributed by atoms with Gasteiger partial charge in [-0.25, -0.2) is 14.8 Å². The van der Waals surface area contributed by atoms with Crippen LogP contribution in [0.1, 0.15) is 5.56 Å². The molecule has 13 heteroatoms. The Hall–Kier alpha value is -3.48. The number of hydrogen-bond acceptors (Lipinski definition) is 11. The minimum atomic E-state index is -0.847. The molecule has 3 aliphatic rings. The first-order valence-corrected chi connectivity index (χ1v) is 11.9. The fourth-order valence-electron chi connectivity index (χ4n) is 4.66. The van der Waals surface area contributed by atoms with Crippen LogP contribution >= 0.6 is 0 Å². The van der Waals surface area contributed by atoms with E-state index < -0.39 is 48.8 Å². The largest absolute Gasteiger partial charge is 0.455 e. The van der Waals surface area contributed by atoms with Gasteiger partial charge in [-0.15, -0.1) is 0 Å². The molecule has 2 bridgehead atoms. The third kappa shape index (κ3) is 6.88. The molecule has 1 aromatic rings. The van der Waals surface area contributed by atoms with Gasteiger partial charge >= 0.3 is 5.97 Å². The number of nitrogens with zero attached hydrogens (tertiary/aromatic N) is 3. The number of likely N-dealkylation sites (N-methyl/N-ethyl adjacent to an activating group) is 1. The van der Waals surface area contributed by atoms with Gasteiger partial charge in [-0.2, -0.15) is 0 Å². The highest BCUT2D eigenvalue weighted by molar-refractivity contribution is 6.06. The molecule has 0 spiro atoms. The Kier molecular flexibility index (Phi) is 12.2. The van der Waals surface area contributed by atoms with Crippen LogP contribution in [0.4, 0.5) is 0 Å². The number of nitrogens with two attached hydrogens (primary N) is 1. The van der Waals surface area contributed by atoms with E-state index in [1.807, 2.05) is 30.3 Å². The Morgan fingerprint density at radius 3 is 2.11 bits per heavy atom. The zero-order valence-corrected chi connectivity index (χ0v) is 22.2. The standard InChI is InChI=1S/C21H24N2O8.C3H6N2.CH5N/c1-22-12(24)9-29-10-13(25)30-19-17-15-14(16(31-17)18(19)28-2)20(26)23(21(15)27)8-11-6-4-3-5-7-11;1-4-3-5-2;1-2/h3-7,14-19H,8-10H2,1-2H3,(H,22,24);1-2H3;2H2,1H3/t14?,15?,16-,17?,18+,19?;;/m0../s1. The van der Waals surface area contributed by atoms with E-state index >= 15 is 0 Å². The number of aliphatic imine (C=N–C) groups is 2. The van der Waals surface area contributed by atoms with E-state index in [1.54, 1.807) is 14.1 Å². The van der Waals surface area contributed by atoms with Gasteiger partial charge in [0.25, 0.3) is 0 Å². The molecule has 0 aromatic heterocycles. The van der Waals surface area contributed by atoms with Crippen LogP contribution in [0, 0.1) is 11.8 Å². The molecule has 208 valence electrons. The number of amides is 3. The van der Waals surface area contributed by atoms with Gasteiger partial charge in [-0.1, -0.05) is 30.3 Å². The zero-order valence-electron chi connectivity index (χ0n) is 22.2. The Labute approximate surface area is 221 Å². The van der Waals surface area contributed by atoms with E-state index in [4.69, 9.17) is 18.9 Å². The summed E-state index contributed by atoms with van der Waals surface area (Å²) in [5, 5.41) is 2.38. The van der Waals surface area contributed by atoms with E-state index in [0.717, 1.165) is 5.56 Å². The molecule has 0 radical (unpaired) electrons. The summed E-state index contributed by atoms with van der Waals surface area (Å²) in [6.45, 7) is -0.530. The van der Waals surface area contributed by atoms with Gasteiger partial charge in [-0.3, -0.25) is 19.3 Å². The van der Waals surface area contributed by atoms with Crippen molar-refractivity contribution in [2.45, 2.75) is 31.0 Å². The first kappa shape index (κ1) is 30.7. The minimum Gasteiger partial charge on any atom is -0.455 e. The maximum atomic E-state index is 13.1. The number of benzene rings is 1. The number of ether oxygens (including phenoxy) is 4. The summed E-state index contributed by atoms with van der Waals surface area (Å²) in [5.41, 5.74) is 5.34. The summed E-state index contributed by atoms with van der Waals surface area (Å²) >= 11 is 0. The second-order valence-electron chi connectivity index (χ2n) is 8.23. The van der Waals surface area contributed by atoms with Crippen molar-refractivity contribution in [2.75, 3.05) is 48.5 Å². The summed E-state index contributed by atoms with van der Waals surface area (Å²) < 4.78 is 21.9. The van der Waals surface area contributed by atoms with Crippen molar-refractivity contribution < 1.29 is 38.1 Å². The second-order valence-corrected chi connectivity index (χ2v) is 8.23. The second kappa shape index (κ2) is 15.1. The topological polar surface area (TPSA) is 171 Å². The van der Waals surface area contributed by atoms with Crippen LogP contribution in [0.2, 0.25) is 0 Å². The molecule has 0 aliphatic carbocycles. The highest BCUT2D eigenvalue weighted by Gasteiger charge is 2.70. The first-order valence-electron chi connectivity index (χ1n) is 11.9. The quantitative estimate of drug-likeness (QED) is 0.248. The molecule has 3 amide bonds. The fourth-order valence-corrected chi connectivity index (χ4v) is 4.66. The van der Waals surface area contributed by atoms with Crippen molar-refractivity contribution in [1.29, 1.82) is 0 Å². The molecule has 4 unspecified atom stereocenters. The van der Waals surface area contributed by atoms with Gasteiger partial charge in [0.05, 0.1) is 24.4 Å². The van der Waals surface area contributed by atoms with Crippen molar-refractivity contribution in [3.05, 3.63) is 35.9 Å². The Balaban J connectivity index is 0.000000651. The molecule has 3 aliphatic heterocycles. The summed E-state index contributed by atoms with van der Waals surface area (Å²) in [6, 6.07) is 11.6. The Morgan fingerprint density at radius 2 is 1.61 bits per heavy atom. The van der Waals surface area contributed by atoms with Crippen LogP contribution in [0.5, 0.6) is 0 Å². The van der Waals surface area contributed by atoms with Crippen molar-refractivity contribution in [3.63, 3.8) is 0 Å². The molecule has 4 rings (SSSR count). The van der Waals surface area contributed by atoms with E-state index in [0.29, 0.717) is 0 Å². The van der Waals surface area contributed by atoms with Crippen LogP contribution < -0.4 is 11.1 Å². The van der Waals surface area contributed by atoms with Gasteiger partial charge in [-0.05, 0) is 12.6 Å². The van der Waals surface area contributed by atoms with Crippen molar-refractivity contribution in [3.8, 4) is 0 Å². The normalized spacial score (nSPS) is 26.2. The van der Waals surface area contributed by atoms with Crippen molar-refractivity contribution in [2.24, 2.45) is 27.6 Å². The van der Waals surface area contributed by atoms with Crippen LogP contribution in [-0.4, -0.2) is 108 Å². The molecule has 3 heterocycles. The molecule has 13 nitrogen and oxygen atoms in total. The number of hydrogen-bond donors (Lipinski definition) is 2. The number of fused-ring (bicyclic) bond motifs is 5. The van der Waals surface area contributed by atoms with Crippen molar-refractivity contribution in [1.82, 2.24) is 10.2 Å². The number of carbonyl (C=O) groups is 4. The van der Waals surface area contributed by atoms with E-state index in [2.05, 4.69) is 27.0 Å². The number of nitrogens with one attached hydrogen (secondary N) is 1. The summed E-state index contributed by atoms with van der Waals surface area (Å²) in [5.74, 6) is -3.10. The third-order valence-corrected chi connectivity index (χ3v) is 6.14. The fraction of sp³-hybridized carbons (Fsp3) is 0.560. The van der Waals surface area contributed by atoms with Gasteiger partial charge < -0.3 is 30.0 Å². The maximum absolute atomic E-state index is 13.1. The Morgan fingerprint density at radius 1 is 1.03 bits per heavy atom. The first-order chi connectivity index (χ1) is 18.4. The van der Waals surface area contributed by atoms with E-state index in [-0.39, 0.29) is 30.9 Å². The van der Waals surface area contributed by atoms with Gasteiger partial charge in [0.1, 0.15) is 31.5 Å². The summed E-state index contributed by atoms with van der Waals surface area (Å²) in [6.07, 6.45) is -2.98. The number of methoxy groups -OCH3 is 1. The average molecular weight is 534 g/mol. The van der Waals surface area contributed by atoms with Crippen molar-refractivity contribution >= 4 is 29.7 Å². The van der Waals surface area contributed by atoms with Gasteiger partial charge in [0.2, 0.25) is 17.7 Å². The average Bonchev–Trinajstić information content (AvgIpc) is 3.56. The molecular weight excluding hydrogens is 498 g/mol. The molecule has 6 atom stereocenters. The molecule has 38 heavy (non-hydrogen) atoms. The smallest absolute Gasteiger partial charge is 0.332 e. The number of carbonyl (C=O) groups excluding carboxylic acids is 4. The van der Waals surface area contributed by atoms with Crippen LogP contribution in [0.15, 0.2) is 40.3 Å². The molecular formula is C25H35N5O8. The van der Waals surface area contributed by atoms with E-state index in [9.17, 15) is 19.2 Å². The van der Waals surface area contributed by atoms with E-state index in [1.165, 1.54) is 26.1 Å². The third-order valence-electron chi connectivity index (χ3n) is 6.14. The lowest BCUT2D eigenvalue weighted by Crippen LogP contribution is -2.50. The molecule has 3 fully saturated rings. The maximum Gasteiger partial charge on any atom is 0.332 e. The SMILES string of the molecule is CN.CN=C=NC.CNC(=O)COCC(=O)OC1C2O[C@@H](C3C(=O)N(Cc4ccccc4)C(=O)C23)[C@H]1OC. The lowest BCUT2D eigenvalue weighted by molar-refractivity contribution is -0.166. The minimum absolute atomic E-state index is 0.181. The number of imide groups is 1. The molecule has 0 saturated carbocycles. The monoisotopic (exact) mass is 533 g/mol. The predicted molar refractivity (Wildman–Crippen MR) is 135 cm³/mol. The number of rotatable bonds is 8. The predicted octanol–water partition coefficient (Wildman–Crippen LogP) is -0.747. The van der Waals surface area contributed by atoms with Gasteiger partial charge in [0.15, 0.2) is 6.10 Å². The van der Waals surface area contributed by atoms with Crippen LogP contribution in [0.25, 0.3) is 0 Å². The van der Waals surface area contributed by atoms with Crippen LogP contribution in [-0.2, 0) is 44.7 Å². The molecule has 3 saturated heterocycles. The highest BCUT2D eigenvalue weighted by atomic mass is 16.6. The summed E-state index contributed by atoms with van der Waals surface area (Å²) in [4.78, 5) is 57.6. The summed E-state index contributed by atoms with van der Waals surface area (Å²) in [7, 11) is 7.66. The lowest BCUT2D eigenvalue weighted by atomic mass is 9.78. The number of likely N-dealkylation sites (tertiary alicyclic amines) is 1. The lowest BCUT2D eigenvalue weighted by Gasteiger charge is -2.31. The molecule has 3 N–H and O–H groups in total. The van der Waals surface area contributed by atoms with Crippen LogP contribution in [0.3, 0.4) is 0 Å². The Bertz CT molecular complexity index is 1020. The number of esters is 1. The van der Waals surface area contributed by atoms with Gasteiger partial charge in [0, 0.05) is 28.3 Å².